The lowest BCUT2D eigenvalue weighted by Crippen LogP contribution is -2.29. The molecule has 0 radical (unpaired) electrons. The first-order chi connectivity index (χ1) is 11.3. The van der Waals surface area contributed by atoms with E-state index in [9.17, 15) is 0 Å². The van der Waals surface area contributed by atoms with Crippen molar-refractivity contribution in [2.45, 2.75) is 18.9 Å². The Morgan fingerprint density at radius 2 is 2.17 bits per heavy atom. The molecular formula is C16H16BrN5S. The number of nitrogens with zero attached hydrogens (tertiary/aromatic N) is 3. The second-order valence-electron chi connectivity index (χ2n) is 5.57. The van der Waals surface area contributed by atoms with Gasteiger partial charge in [0.05, 0.1) is 9.17 Å². The summed E-state index contributed by atoms with van der Waals surface area (Å²) in [4.78, 5) is 13.5. The number of halogens is 1. The van der Waals surface area contributed by atoms with Crippen LogP contribution in [0.5, 0.6) is 0 Å². The van der Waals surface area contributed by atoms with Gasteiger partial charge in [0.2, 0.25) is 0 Å². The second-order valence-corrected chi connectivity index (χ2v) is 7.30. The highest BCUT2D eigenvalue weighted by Gasteiger charge is 2.17. The maximum absolute atomic E-state index is 4.76. The number of pyridine rings is 1. The molecule has 0 spiro atoms. The molecule has 3 aromatic heterocycles. The number of anilines is 1. The Kier molecular flexibility index (Phi) is 4.24. The number of nitrogens with one attached hydrogen (secondary N) is 2. The zero-order valence-electron chi connectivity index (χ0n) is 12.4. The fraction of sp³-hybridized carbons (Fsp3) is 0.312. The van der Waals surface area contributed by atoms with Gasteiger partial charge in [0, 0.05) is 35.9 Å². The molecule has 1 saturated heterocycles. The molecule has 118 valence electrons. The van der Waals surface area contributed by atoms with E-state index in [1.807, 2.05) is 12.1 Å². The maximum Gasteiger partial charge on any atom is 0.162 e. The summed E-state index contributed by atoms with van der Waals surface area (Å²) in [5, 5.41) is 9.08. The zero-order chi connectivity index (χ0) is 15.6. The van der Waals surface area contributed by atoms with Crippen molar-refractivity contribution in [1.29, 1.82) is 0 Å². The molecule has 2 N–H and O–H groups in total. The lowest BCUT2D eigenvalue weighted by atomic mass is 10.2. The summed E-state index contributed by atoms with van der Waals surface area (Å²) < 4.78 is 2.10. The van der Waals surface area contributed by atoms with Crippen molar-refractivity contribution >= 4 is 43.3 Å². The monoisotopic (exact) mass is 389 g/mol. The molecule has 5 nitrogen and oxygen atoms in total. The molecule has 4 rings (SSSR count). The Balaban J connectivity index is 1.72. The number of aromatic nitrogens is 3. The second kappa shape index (κ2) is 6.51. The van der Waals surface area contributed by atoms with E-state index in [-0.39, 0.29) is 0 Å². The summed E-state index contributed by atoms with van der Waals surface area (Å²) in [7, 11) is 0. The number of rotatable bonds is 4. The summed E-state index contributed by atoms with van der Waals surface area (Å²) >= 11 is 5.25. The average molecular weight is 390 g/mol. The van der Waals surface area contributed by atoms with Crippen LogP contribution in [0.4, 0.5) is 5.82 Å². The molecule has 1 aliphatic rings. The molecule has 3 aromatic rings. The van der Waals surface area contributed by atoms with Crippen molar-refractivity contribution in [3.63, 3.8) is 0 Å². The molecule has 23 heavy (non-hydrogen) atoms. The summed E-state index contributed by atoms with van der Waals surface area (Å²) in [6, 6.07) is 4.39. The van der Waals surface area contributed by atoms with Crippen LogP contribution in [0.15, 0.2) is 34.4 Å². The molecule has 4 heterocycles. The van der Waals surface area contributed by atoms with E-state index < -0.39 is 0 Å². The predicted molar refractivity (Wildman–Crippen MR) is 97.9 cm³/mol. The number of hydrogen-bond acceptors (Lipinski definition) is 6. The molecular weight excluding hydrogens is 374 g/mol. The third-order valence-electron chi connectivity index (χ3n) is 3.99. The quantitative estimate of drug-likeness (QED) is 0.712. The first-order valence-electron chi connectivity index (χ1n) is 7.63. The Bertz CT molecular complexity index is 814. The normalized spacial score (nSPS) is 17.7. The lowest BCUT2D eigenvalue weighted by molar-refractivity contribution is 0.633. The summed E-state index contributed by atoms with van der Waals surface area (Å²) in [6.45, 7) is 2.00. The van der Waals surface area contributed by atoms with Gasteiger partial charge in [-0.15, -0.1) is 11.3 Å². The van der Waals surface area contributed by atoms with Crippen molar-refractivity contribution in [3.05, 3.63) is 34.4 Å². The SMILES string of the molecule is Brc1csc2c(NCC3CCCN3)nc(-c3ccncc3)nc12. The van der Waals surface area contributed by atoms with Crippen LogP contribution in [-0.4, -0.2) is 34.1 Å². The lowest BCUT2D eigenvalue weighted by Gasteiger charge is -2.13. The van der Waals surface area contributed by atoms with E-state index >= 15 is 0 Å². The van der Waals surface area contributed by atoms with Gasteiger partial charge in [0.1, 0.15) is 11.3 Å². The third-order valence-corrected chi connectivity index (χ3v) is 5.87. The van der Waals surface area contributed by atoms with Gasteiger partial charge < -0.3 is 10.6 Å². The molecule has 0 bridgehead atoms. The van der Waals surface area contributed by atoms with Crippen molar-refractivity contribution in [2.75, 3.05) is 18.4 Å². The van der Waals surface area contributed by atoms with Crippen LogP contribution >= 0.6 is 27.3 Å². The predicted octanol–water partition coefficient (Wildman–Crippen LogP) is 3.68. The van der Waals surface area contributed by atoms with Crippen LogP contribution in [-0.2, 0) is 0 Å². The fourth-order valence-corrected chi connectivity index (χ4v) is 4.32. The van der Waals surface area contributed by atoms with Crippen LogP contribution in [0.3, 0.4) is 0 Å². The average Bonchev–Trinajstić information content (AvgIpc) is 3.24. The van der Waals surface area contributed by atoms with Crippen LogP contribution < -0.4 is 10.6 Å². The van der Waals surface area contributed by atoms with Crippen molar-refractivity contribution < 1.29 is 0 Å². The summed E-state index contributed by atoms with van der Waals surface area (Å²) in [5.41, 5.74) is 1.93. The largest absolute Gasteiger partial charge is 0.367 e. The molecule has 1 fully saturated rings. The van der Waals surface area contributed by atoms with Gasteiger partial charge in [0.15, 0.2) is 5.82 Å². The summed E-state index contributed by atoms with van der Waals surface area (Å²) in [5.74, 6) is 1.63. The highest BCUT2D eigenvalue weighted by atomic mass is 79.9. The van der Waals surface area contributed by atoms with E-state index in [0.717, 1.165) is 45.0 Å². The fourth-order valence-electron chi connectivity index (χ4n) is 2.79. The standard InChI is InChI=1S/C16H16BrN5S/c17-12-9-23-14-13(12)21-15(10-3-6-18-7-4-10)22-16(14)20-8-11-2-1-5-19-11/h3-4,6-7,9,11,19H,1-2,5,8H2,(H,20,21,22). The van der Waals surface area contributed by atoms with Gasteiger partial charge in [0.25, 0.3) is 0 Å². The molecule has 7 heteroatoms. The first kappa shape index (κ1) is 15.0. The zero-order valence-corrected chi connectivity index (χ0v) is 14.8. The van der Waals surface area contributed by atoms with Crippen LogP contribution in [0.25, 0.3) is 21.6 Å². The van der Waals surface area contributed by atoms with Gasteiger partial charge in [-0.1, -0.05) is 0 Å². The van der Waals surface area contributed by atoms with Gasteiger partial charge in [-0.3, -0.25) is 4.98 Å². The van der Waals surface area contributed by atoms with E-state index in [1.54, 1.807) is 23.7 Å². The minimum absolute atomic E-state index is 0.521. The van der Waals surface area contributed by atoms with Gasteiger partial charge >= 0.3 is 0 Å². The molecule has 1 unspecified atom stereocenters. The Labute approximate surface area is 146 Å². The Morgan fingerprint density at radius 3 is 2.96 bits per heavy atom. The minimum atomic E-state index is 0.521. The van der Waals surface area contributed by atoms with E-state index in [4.69, 9.17) is 9.97 Å². The van der Waals surface area contributed by atoms with Crippen molar-refractivity contribution in [3.8, 4) is 11.4 Å². The van der Waals surface area contributed by atoms with Crippen LogP contribution in [0.1, 0.15) is 12.8 Å². The molecule has 1 atom stereocenters. The van der Waals surface area contributed by atoms with Crippen LogP contribution in [0, 0.1) is 0 Å². The highest BCUT2D eigenvalue weighted by molar-refractivity contribution is 9.10. The number of thiophene rings is 1. The smallest absolute Gasteiger partial charge is 0.162 e. The molecule has 0 saturated carbocycles. The topological polar surface area (TPSA) is 62.7 Å². The van der Waals surface area contributed by atoms with Gasteiger partial charge in [-0.05, 0) is 47.4 Å². The number of fused-ring (bicyclic) bond motifs is 1. The first-order valence-corrected chi connectivity index (χ1v) is 9.31. The molecule has 1 aliphatic heterocycles. The van der Waals surface area contributed by atoms with E-state index in [2.05, 4.69) is 36.9 Å². The minimum Gasteiger partial charge on any atom is -0.367 e. The Morgan fingerprint density at radius 1 is 1.30 bits per heavy atom. The van der Waals surface area contributed by atoms with Crippen LogP contribution in [0.2, 0.25) is 0 Å². The summed E-state index contributed by atoms with van der Waals surface area (Å²) in [6.07, 6.45) is 5.99. The maximum atomic E-state index is 4.76. The highest BCUT2D eigenvalue weighted by Crippen LogP contribution is 2.34. The van der Waals surface area contributed by atoms with Gasteiger partial charge in [-0.25, -0.2) is 9.97 Å². The molecule has 0 amide bonds. The molecule has 0 aliphatic carbocycles. The number of hydrogen-bond donors (Lipinski definition) is 2. The third kappa shape index (κ3) is 3.08. The van der Waals surface area contributed by atoms with Crippen molar-refractivity contribution in [1.82, 2.24) is 20.3 Å². The van der Waals surface area contributed by atoms with E-state index in [0.29, 0.717) is 6.04 Å². The van der Waals surface area contributed by atoms with Gasteiger partial charge in [-0.2, -0.15) is 0 Å². The van der Waals surface area contributed by atoms with Crippen molar-refractivity contribution in [2.24, 2.45) is 0 Å². The Hall–Kier alpha value is -1.57. The van der Waals surface area contributed by atoms with E-state index in [1.165, 1.54) is 12.8 Å². The molecule has 0 aromatic carbocycles.